The summed E-state index contributed by atoms with van der Waals surface area (Å²) in [5, 5.41) is 4.56. The lowest BCUT2D eigenvalue weighted by atomic mass is 10.1. The van der Waals surface area contributed by atoms with E-state index in [1.165, 1.54) is 0 Å². The first-order chi connectivity index (χ1) is 13.6. The van der Waals surface area contributed by atoms with Crippen molar-refractivity contribution < 1.29 is 4.79 Å². The Bertz CT molecular complexity index is 1110. The van der Waals surface area contributed by atoms with Crippen molar-refractivity contribution in [2.45, 2.75) is 26.8 Å². The highest BCUT2D eigenvalue weighted by Gasteiger charge is 2.20. The molecule has 5 nitrogen and oxygen atoms in total. The molecule has 28 heavy (non-hydrogen) atoms. The Morgan fingerprint density at radius 2 is 1.75 bits per heavy atom. The van der Waals surface area contributed by atoms with Gasteiger partial charge in [0, 0.05) is 30.5 Å². The van der Waals surface area contributed by atoms with Gasteiger partial charge in [-0.25, -0.2) is 4.68 Å². The van der Waals surface area contributed by atoms with E-state index in [1.54, 1.807) is 10.7 Å². The third-order valence-electron chi connectivity index (χ3n) is 5.00. The summed E-state index contributed by atoms with van der Waals surface area (Å²) in [4.78, 5) is 14.6. The largest absolute Gasteiger partial charge is 0.335 e. The SMILES string of the molecule is CCN(C(=O)c1ccn(-c2ccc3ccc(-c4ccccc4)cn23)n1)C(C)C. The van der Waals surface area contributed by atoms with Gasteiger partial charge in [-0.05, 0) is 56.2 Å². The number of amides is 1. The highest BCUT2D eigenvalue weighted by Crippen LogP contribution is 2.23. The molecule has 0 saturated heterocycles. The molecule has 142 valence electrons. The van der Waals surface area contributed by atoms with Gasteiger partial charge in [0.15, 0.2) is 5.69 Å². The summed E-state index contributed by atoms with van der Waals surface area (Å²) in [5.41, 5.74) is 3.84. The number of carbonyl (C=O) groups excluding carboxylic acids is 1. The van der Waals surface area contributed by atoms with Crippen LogP contribution in [0.2, 0.25) is 0 Å². The molecular formula is C23H24N4O. The fraction of sp³-hybridized carbons (Fsp3) is 0.217. The Morgan fingerprint density at radius 3 is 2.46 bits per heavy atom. The molecule has 0 N–H and O–H groups in total. The zero-order valence-corrected chi connectivity index (χ0v) is 16.4. The molecular weight excluding hydrogens is 348 g/mol. The fourth-order valence-corrected chi connectivity index (χ4v) is 3.53. The van der Waals surface area contributed by atoms with Crippen molar-refractivity contribution in [1.29, 1.82) is 0 Å². The summed E-state index contributed by atoms with van der Waals surface area (Å²) in [6.07, 6.45) is 3.95. The molecule has 0 unspecified atom stereocenters. The third kappa shape index (κ3) is 3.20. The number of rotatable bonds is 5. The number of nitrogens with zero attached hydrogens (tertiary/aromatic N) is 4. The smallest absolute Gasteiger partial charge is 0.274 e. The maximum Gasteiger partial charge on any atom is 0.274 e. The van der Waals surface area contributed by atoms with E-state index in [2.05, 4.69) is 46.0 Å². The second kappa shape index (κ2) is 7.35. The first-order valence-electron chi connectivity index (χ1n) is 9.62. The monoisotopic (exact) mass is 372 g/mol. The van der Waals surface area contributed by atoms with Gasteiger partial charge in [0.25, 0.3) is 5.91 Å². The summed E-state index contributed by atoms with van der Waals surface area (Å²) in [6, 6.07) is 20.5. The molecule has 0 saturated carbocycles. The summed E-state index contributed by atoms with van der Waals surface area (Å²) >= 11 is 0. The van der Waals surface area contributed by atoms with E-state index in [0.717, 1.165) is 22.5 Å². The summed E-state index contributed by atoms with van der Waals surface area (Å²) < 4.78 is 3.87. The third-order valence-corrected chi connectivity index (χ3v) is 5.00. The maximum absolute atomic E-state index is 12.7. The molecule has 3 aromatic heterocycles. The predicted octanol–water partition coefficient (Wildman–Crippen LogP) is 4.66. The molecule has 4 rings (SSSR count). The Labute approximate surface area is 164 Å². The lowest BCUT2D eigenvalue weighted by Crippen LogP contribution is -2.37. The second-order valence-electron chi connectivity index (χ2n) is 7.10. The molecule has 0 radical (unpaired) electrons. The van der Waals surface area contributed by atoms with Gasteiger partial charge >= 0.3 is 0 Å². The van der Waals surface area contributed by atoms with E-state index < -0.39 is 0 Å². The molecule has 0 spiro atoms. The highest BCUT2D eigenvalue weighted by molar-refractivity contribution is 5.92. The molecule has 0 aliphatic heterocycles. The quantitative estimate of drug-likeness (QED) is 0.511. The molecule has 4 aromatic rings. The average molecular weight is 372 g/mol. The minimum absolute atomic E-state index is 0.0397. The Kier molecular flexibility index (Phi) is 4.74. The molecule has 0 aliphatic rings. The molecule has 1 aromatic carbocycles. The first-order valence-corrected chi connectivity index (χ1v) is 9.62. The second-order valence-corrected chi connectivity index (χ2v) is 7.10. The van der Waals surface area contributed by atoms with E-state index in [0.29, 0.717) is 12.2 Å². The standard InChI is InChI=1S/C23H24N4O/c1-4-25(17(2)3)23(28)21-14-15-27(24-21)22-13-12-20-11-10-19(16-26(20)22)18-8-6-5-7-9-18/h5-17H,4H2,1-3H3. The normalized spacial score (nSPS) is 11.3. The molecule has 0 aliphatic carbocycles. The minimum Gasteiger partial charge on any atom is -0.335 e. The molecule has 0 bridgehead atoms. The topological polar surface area (TPSA) is 42.5 Å². The minimum atomic E-state index is -0.0397. The average Bonchev–Trinajstić information content (AvgIpc) is 3.35. The Morgan fingerprint density at radius 1 is 1.00 bits per heavy atom. The molecule has 0 fully saturated rings. The van der Waals surface area contributed by atoms with Crippen LogP contribution in [0.4, 0.5) is 0 Å². The maximum atomic E-state index is 12.7. The highest BCUT2D eigenvalue weighted by atomic mass is 16.2. The van der Waals surface area contributed by atoms with E-state index >= 15 is 0 Å². The van der Waals surface area contributed by atoms with E-state index in [1.807, 2.05) is 56.1 Å². The van der Waals surface area contributed by atoms with Gasteiger partial charge in [0.2, 0.25) is 0 Å². The Hall–Kier alpha value is -3.34. The first kappa shape index (κ1) is 18.0. The van der Waals surface area contributed by atoms with Crippen LogP contribution in [0.3, 0.4) is 0 Å². The number of aromatic nitrogens is 3. The van der Waals surface area contributed by atoms with Crippen LogP contribution < -0.4 is 0 Å². The van der Waals surface area contributed by atoms with Crippen molar-refractivity contribution in [3.63, 3.8) is 0 Å². The van der Waals surface area contributed by atoms with Gasteiger partial charge in [-0.1, -0.05) is 36.4 Å². The van der Waals surface area contributed by atoms with Crippen LogP contribution in [0.1, 0.15) is 31.3 Å². The van der Waals surface area contributed by atoms with Gasteiger partial charge in [-0.2, -0.15) is 5.10 Å². The summed E-state index contributed by atoms with van der Waals surface area (Å²) in [6.45, 7) is 6.69. The Balaban J connectivity index is 1.72. The van der Waals surface area contributed by atoms with Crippen LogP contribution >= 0.6 is 0 Å². The molecule has 1 amide bonds. The van der Waals surface area contributed by atoms with Crippen molar-refractivity contribution in [3.05, 3.63) is 78.8 Å². The number of fused-ring (bicyclic) bond motifs is 1. The molecule has 3 heterocycles. The van der Waals surface area contributed by atoms with Crippen LogP contribution in [-0.4, -0.2) is 37.6 Å². The van der Waals surface area contributed by atoms with E-state index in [9.17, 15) is 4.79 Å². The molecule has 5 heteroatoms. The summed E-state index contributed by atoms with van der Waals surface area (Å²) in [7, 11) is 0. The van der Waals surface area contributed by atoms with Crippen LogP contribution in [0.25, 0.3) is 22.5 Å². The van der Waals surface area contributed by atoms with Gasteiger partial charge in [0.05, 0.1) is 0 Å². The van der Waals surface area contributed by atoms with Crippen LogP contribution in [0, 0.1) is 0 Å². The van der Waals surface area contributed by atoms with Crippen molar-refractivity contribution in [2.75, 3.05) is 6.54 Å². The number of hydrogen-bond acceptors (Lipinski definition) is 2. The number of carbonyl (C=O) groups is 1. The fourth-order valence-electron chi connectivity index (χ4n) is 3.53. The van der Waals surface area contributed by atoms with Gasteiger partial charge in [0.1, 0.15) is 5.82 Å². The van der Waals surface area contributed by atoms with E-state index in [4.69, 9.17) is 0 Å². The van der Waals surface area contributed by atoms with Crippen molar-refractivity contribution in [1.82, 2.24) is 19.1 Å². The summed E-state index contributed by atoms with van der Waals surface area (Å²) in [5.74, 6) is 0.863. The van der Waals surface area contributed by atoms with E-state index in [-0.39, 0.29) is 11.9 Å². The van der Waals surface area contributed by atoms with Gasteiger partial charge < -0.3 is 9.30 Å². The van der Waals surface area contributed by atoms with Crippen LogP contribution in [-0.2, 0) is 0 Å². The predicted molar refractivity (Wildman–Crippen MR) is 112 cm³/mol. The van der Waals surface area contributed by atoms with Crippen molar-refractivity contribution >= 4 is 11.4 Å². The number of pyridine rings is 1. The number of benzene rings is 1. The van der Waals surface area contributed by atoms with Crippen molar-refractivity contribution in [3.8, 4) is 16.9 Å². The number of hydrogen-bond donors (Lipinski definition) is 0. The zero-order valence-electron chi connectivity index (χ0n) is 16.4. The molecule has 0 atom stereocenters. The lowest BCUT2D eigenvalue weighted by Gasteiger charge is -2.24. The van der Waals surface area contributed by atoms with Crippen LogP contribution in [0.15, 0.2) is 73.1 Å². The van der Waals surface area contributed by atoms with Crippen LogP contribution in [0.5, 0.6) is 0 Å². The lowest BCUT2D eigenvalue weighted by molar-refractivity contribution is 0.0710. The zero-order chi connectivity index (χ0) is 19.7. The van der Waals surface area contributed by atoms with Gasteiger partial charge in [-0.15, -0.1) is 0 Å². The van der Waals surface area contributed by atoms with Crippen molar-refractivity contribution in [2.24, 2.45) is 0 Å². The van der Waals surface area contributed by atoms with Gasteiger partial charge in [-0.3, -0.25) is 4.79 Å².